The number of benzene rings is 1. The molecule has 0 radical (unpaired) electrons. The molecule has 1 amide bonds. The fourth-order valence-corrected chi connectivity index (χ4v) is 4.62. The molecule has 0 aromatic heterocycles. The molecule has 122 valence electrons. The van der Waals surface area contributed by atoms with Gasteiger partial charge in [0.2, 0.25) is 0 Å². The Hall–Kier alpha value is -1.56. The molecule has 1 fully saturated rings. The second kappa shape index (κ2) is 7.13. The van der Waals surface area contributed by atoms with Crippen LogP contribution in [0.3, 0.4) is 0 Å². The van der Waals surface area contributed by atoms with Gasteiger partial charge in [-0.15, -0.1) is 0 Å². The molecular weight excluding hydrogens is 300 g/mol. The summed E-state index contributed by atoms with van der Waals surface area (Å²) in [6, 6.07) is 7.46. The van der Waals surface area contributed by atoms with Crippen molar-refractivity contribution < 1.29 is 13.2 Å². The molecule has 1 aliphatic heterocycles. The first-order valence-corrected chi connectivity index (χ1v) is 9.45. The number of hydrogen-bond donors (Lipinski definition) is 1. The van der Waals surface area contributed by atoms with E-state index in [2.05, 4.69) is 5.32 Å². The zero-order valence-corrected chi connectivity index (χ0v) is 14.0. The second-order valence-electron chi connectivity index (χ2n) is 6.11. The van der Waals surface area contributed by atoms with Crippen molar-refractivity contribution in [2.24, 2.45) is 5.92 Å². The van der Waals surface area contributed by atoms with Gasteiger partial charge in [0.15, 0.2) is 9.84 Å². The van der Waals surface area contributed by atoms with Crippen LogP contribution in [-0.2, 0) is 9.84 Å². The Morgan fingerprint density at radius 1 is 1.27 bits per heavy atom. The topological polar surface area (TPSA) is 66.5 Å². The maximum Gasteiger partial charge on any atom is 0.251 e. The van der Waals surface area contributed by atoms with Crippen LogP contribution in [0, 0.1) is 5.92 Å². The average Bonchev–Trinajstić information content (AvgIpc) is 2.83. The third-order valence-corrected chi connectivity index (χ3v) is 5.88. The van der Waals surface area contributed by atoms with Crippen molar-refractivity contribution in [3.63, 3.8) is 0 Å². The summed E-state index contributed by atoms with van der Waals surface area (Å²) in [5.41, 5.74) is 1.70. The van der Waals surface area contributed by atoms with Gasteiger partial charge in [0.25, 0.3) is 5.91 Å². The van der Waals surface area contributed by atoms with Crippen molar-refractivity contribution in [2.75, 3.05) is 37.0 Å². The number of nitrogens with zero attached hydrogens (tertiary/aromatic N) is 1. The van der Waals surface area contributed by atoms with E-state index in [1.54, 1.807) is 0 Å². The highest BCUT2D eigenvalue weighted by Gasteiger charge is 2.27. The minimum Gasteiger partial charge on any atom is -0.378 e. The molecule has 2 rings (SSSR count). The van der Waals surface area contributed by atoms with Crippen molar-refractivity contribution in [1.82, 2.24) is 5.32 Å². The second-order valence-corrected chi connectivity index (χ2v) is 8.34. The largest absolute Gasteiger partial charge is 0.378 e. The number of rotatable bonds is 6. The summed E-state index contributed by atoms with van der Waals surface area (Å²) in [5, 5.41) is 2.89. The maximum atomic E-state index is 12.0. The zero-order chi connectivity index (χ0) is 16.2. The normalized spacial score (nSPS) is 19.8. The number of nitrogens with one attached hydrogen (secondary N) is 1. The lowest BCUT2D eigenvalue weighted by Crippen LogP contribution is -2.25. The molecule has 1 unspecified atom stereocenters. The predicted molar refractivity (Wildman–Crippen MR) is 89.1 cm³/mol. The van der Waals surface area contributed by atoms with Crippen LogP contribution in [0.5, 0.6) is 0 Å². The van der Waals surface area contributed by atoms with Gasteiger partial charge < -0.3 is 10.2 Å². The maximum absolute atomic E-state index is 12.0. The third-order valence-electron chi connectivity index (χ3n) is 4.05. The monoisotopic (exact) mass is 324 g/mol. The Bertz CT molecular complexity index is 609. The van der Waals surface area contributed by atoms with Crippen LogP contribution in [0.1, 0.15) is 29.6 Å². The average molecular weight is 324 g/mol. The third kappa shape index (κ3) is 4.73. The molecule has 0 bridgehead atoms. The summed E-state index contributed by atoms with van der Waals surface area (Å²) in [6.07, 6.45) is 2.45. The molecule has 6 heteroatoms. The minimum absolute atomic E-state index is 0.0793. The molecule has 0 saturated carbocycles. The van der Waals surface area contributed by atoms with Crippen LogP contribution in [0.2, 0.25) is 0 Å². The molecule has 1 aliphatic rings. The van der Waals surface area contributed by atoms with Crippen molar-refractivity contribution in [3.05, 3.63) is 29.8 Å². The van der Waals surface area contributed by atoms with E-state index in [1.807, 2.05) is 43.3 Å². The first kappa shape index (κ1) is 16.8. The SMILES string of the molecule is CN(C)c1ccc(C(=O)NCCCC2CCS(=O)(=O)C2)cc1. The van der Waals surface area contributed by atoms with Gasteiger partial charge in [0.1, 0.15) is 0 Å². The van der Waals surface area contributed by atoms with E-state index in [0.29, 0.717) is 23.6 Å². The molecule has 1 N–H and O–H groups in total. The first-order chi connectivity index (χ1) is 10.4. The predicted octanol–water partition coefficient (Wildman–Crippen LogP) is 1.70. The van der Waals surface area contributed by atoms with Crippen LogP contribution in [0.4, 0.5) is 5.69 Å². The molecule has 0 aliphatic carbocycles. The van der Waals surface area contributed by atoms with E-state index >= 15 is 0 Å². The van der Waals surface area contributed by atoms with Gasteiger partial charge >= 0.3 is 0 Å². The summed E-state index contributed by atoms with van der Waals surface area (Å²) < 4.78 is 22.7. The van der Waals surface area contributed by atoms with Gasteiger partial charge in [-0.25, -0.2) is 8.42 Å². The van der Waals surface area contributed by atoms with Gasteiger partial charge in [-0.2, -0.15) is 0 Å². The standard InChI is InChI=1S/C16H24N2O3S/c1-18(2)15-7-5-14(6-8-15)16(19)17-10-3-4-13-9-11-22(20,21)12-13/h5-8,13H,3-4,9-12H2,1-2H3,(H,17,19). The number of anilines is 1. The number of hydrogen-bond acceptors (Lipinski definition) is 4. The lowest BCUT2D eigenvalue weighted by atomic mass is 10.0. The van der Waals surface area contributed by atoms with Gasteiger partial charge in [0.05, 0.1) is 11.5 Å². The number of sulfone groups is 1. The fourth-order valence-electron chi connectivity index (χ4n) is 2.71. The van der Waals surface area contributed by atoms with Crippen molar-refractivity contribution in [2.45, 2.75) is 19.3 Å². The highest BCUT2D eigenvalue weighted by Crippen LogP contribution is 2.22. The Morgan fingerprint density at radius 2 is 1.95 bits per heavy atom. The summed E-state index contributed by atoms with van der Waals surface area (Å²) in [7, 11) is 1.12. The van der Waals surface area contributed by atoms with Crippen molar-refractivity contribution in [3.8, 4) is 0 Å². The summed E-state index contributed by atoms with van der Waals surface area (Å²) in [6.45, 7) is 0.588. The highest BCUT2D eigenvalue weighted by molar-refractivity contribution is 7.91. The Kier molecular flexibility index (Phi) is 5.45. The van der Waals surface area contributed by atoms with Gasteiger partial charge in [0, 0.05) is 31.9 Å². The highest BCUT2D eigenvalue weighted by atomic mass is 32.2. The Labute approximate surface area is 132 Å². The minimum atomic E-state index is -2.79. The smallest absolute Gasteiger partial charge is 0.251 e. The van der Waals surface area contributed by atoms with E-state index in [0.717, 1.165) is 24.9 Å². The molecule has 0 spiro atoms. The van der Waals surface area contributed by atoms with Gasteiger partial charge in [-0.1, -0.05) is 0 Å². The molecule has 1 saturated heterocycles. The number of amides is 1. The van der Waals surface area contributed by atoms with E-state index in [4.69, 9.17) is 0 Å². The van der Waals surface area contributed by atoms with Crippen LogP contribution in [0.25, 0.3) is 0 Å². The first-order valence-electron chi connectivity index (χ1n) is 7.63. The van der Waals surface area contributed by atoms with E-state index in [9.17, 15) is 13.2 Å². The molecule has 22 heavy (non-hydrogen) atoms. The Morgan fingerprint density at radius 3 is 2.50 bits per heavy atom. The zero-order valence-electron chi connectivity index (χ0n) is 13.2. The van der Waals surface area contributed by atoms with Crippen LogP contribution in [-0.4, -0.2) is 46.5 Å². The molecule has 1 atom stereocenters. The molecule has 1 aromatic rings. The van der Waals surface area contributed by atoms with Gasteiger partial charge in [-0.05, 0) is 49.4 Å². The van der Waals surface area contributed by atoms with Gasteiger partial charge in [-0.3, -0.25) is 4.79 Å². The van der Waals surface area contributed by atoms with E-state index < -0.39 is 9.84 Å². The number of carbonyl (C=O) groups is 1. The summed E-state index contributed by atoms with van der Waals surface area (Å²) in [5.74, 6) is 0.820. The van der Waals surface area contributed by atoms with Crippen molar-refractivity contribution >= 4 is 21.4 Å². The quantitative estimate of drug-likeness (QED) is 0.809. The molecular formula is C16H24N2O3S. The van der Waals surface area contributed by atoms with E-state index in [1.165, 1.54) is 0 Å². The van der Waals surface area contributed by atoms with Crippen LogP contribution >= 0.6 is 0 Å². The van der Waals surface area contributed by atoms with Crippen LogP contribution < -0.4 is 10.2 Å². The lowest BCUT2D eigenvalue weighted by molar-refractivity contribution is 0.0952. The molecule has 1 aromatic carbocycles. The Balaban J connectivity index is 1.71. The fraction of sp³-hybridized carbons (Fsp3) is 0.562. The molecule has 1 heterocycles. The van der Waals surface area contributed by atoms with E-state index in [-0.39, 0.29) is 11.8 Å². The lowest BCUT2D eigenvalue weighted by Gasteiger charge is -2.13. The summed E-state index contributed by atoms with van der Waals surface area (Å²) in [4.78, 5) is 14.0. The summed E-state index contributed by atoms with van der Waals surface area (Å²) >= 11 is 0. The molecule has 5 nitrogen and oxygen atoms in total. The van der Waals surface area contributed by atoms with Crippen LogP contribution in [0.15, 0.2) is 24.3 Å². The van der Waals surface area contributed by atoms with Crippen molar-refractivity contribution in [1.29, 1.82) is 0 Å². The number of carbonyl (C=O) groups excluding carboxylic acids is 1.